The first-order valence-electron chi connectivity index (χ1n) is 5.76. The maximum atomic E-state index is 4.13. The van der Waals surface area contributed by atoms with E-state index in [-0.39, 0.29) is 12.1 Å². The highest BCUT2D eigenvalue weighted by Crippen LogP contribution is 2.27. The van der Waals surface area contributed by atoms with E-state index in [2.05, 4.69) is 52.2 Å². The topological polar surface area (TPSA) is 55.6 Å². The predicted octanol–water partition coefficient (Wildman–Crippen LogP) is 2.01. The Hall–Kier alpha value is -1.27. The van der Waals surface area contributed by atoms with Gasteiger partial charge in [-0.2, -0.15) is 0 Å². The number of tetrazole rings is 1. The zero-order valence-corrected chi connectivity index (χ0v) is 11.1. The van der Waals surface area contributed by atoms with E-state index in [9.17, 15) is 0 Å². The molecule has 2 aromatic heterocycles. The fraction of sp³-hybridized carbons (Fsp3) is 0.545. The highest BCUT2D eigenvalue weighted by Gasteiger charge is 2.21. The van der Waals surface area contributed by atoms with Crippen molar-refractivity contribution in [1.82, 2.24) is 25.5 Å². The Kier molecular flexibility index (Phi) is 3.86. The van der Waals surface area contributed by atoms with Crippen molar-refractivity contribution in [1.29, 1.82) is 0 Å². The summed E-state index contributed by atoms with van der Waals surface area (Å²) in [5.41, 5.74) is 0. The Morgan fingerprint density at radius 2 is 2.35 bits per heavy atom. The summed E-state index contributed by atoms with van der Waals surface area (Å²) in [6.45, 7) is 4.21. The van der Waals surface area contributed by atoms with Crippen molar-refractivity contribution >= 4 is 11.3 Å². The van der Waals surface area contributed by atoms with Crippen LogP contribution in [0.5, 0.6) is 0 Å². The molecule has 92 valence electrons. The summed E-state index contributed by atoms with van der Waals surface area (Å²) in [5, 5.41) is 17.3. The number of thiophene rings is 1. The second kappa shape index (κ2) is 5.37. The molecule has 6 heteroatoms. The standard InChI is InChI=1S/C11H17N5S/c1-4-9(10-6-5-7-17-10)16-11(8(2)12-3)13-14-15-16/h5-9,12H,4H2,1-3H3. The van der Waals surface area contributed by atoms with Crippen LogP contribution >= 0.6 is 11.3 Å². The van der Waals surface area contributed by atoms with E-state index in [1.165, 1.54) is 4.88 Å². The van der Waals surface area contributed by atoms with E-state index in [1.54, 1.807) is 11.3 Å². The summed E-state index contributed by atoms with van der Waals surface area (Å²) >= 11 is 1.75. The molecule has 2 aromatic rings. The van der Waals surface area contributed by atoms with Gasteiger partial charge in [0.1, 0.15) is 0 Å². The maximum absolute atomic E-state index is 4.13. The van der Waals surface area contributed by atoms with Crippen LogP contribution in [-0.4, -0.2) is 27.3 Å². The van der Waals surface area contributed by atoms with Crippen LogP contribution in [0.25, 0.3) is 0 Å². The summed E-state index contributed by atoms with van der Waals surface area (Å²) < 4.78 is 1.92. The molecule has 2 atom stereocenters. The minimum Gasteiger partial charge on any atom is -0.311 e. The lowest BCUT2D eigenvalue weighted by Gasteiger charge is -2.17. The lowest BCUT2D eigenvalue weighted by molar-refractivity contribution is 0.454. The molecule has 0 bridgehead atoms. The molecule has 1 N–H and O–H groups in total. The van der Waals surface area contributed by atoms with Gasteiger partial charge < -0.3 is 5.32 Å². The minimum absolute atomic E-state index is 0.152. The molecule has 5 nitrogen and oxygen atoms in total. The van der Waals surface area contributed by atoms with Crippen LogP contribution in [0.15, 0.2) is 17.5 Å². The molecule has 0 radical (unpaired) electrons. The van der Waals surface area contributed by atoms with Gasteiger partial charge in [0.15, 0.2) is 5.82 Å². The molecule has 0 saturated heterocycles. The lowest BCUT2D eigenvalue weighted by Crippen LogP contribution is -2.21. The van der Waals surface area contributed by atoms with E-state index < -0.39 is 0 Å². The molecule has 0 saturated carbocycles. The molecule has 0 amide bonds. The average molecular weight is 251 g/mol. The van der Waals surface area contributed by atoms with Gasteiger partial charge in [0.05, 0.1) is 12.1 Å². The average Bonchev–Trinajstić information content (AvgIpc) is 3.00. The minimum atomic E-state index is 0.152. The summed E-state index contributed by atoms with van der Waals surface area (Å²) in [7, 11) is 1.91. The Balaban J connectivity index is 2.35. The zero-order valence-electron chi connectivity index (χ0n) is 10.3. The molecule has 0 aliphatic rings. The smallest absolute Gasteiger partial charge is 0.168 e. The van der Waals surface area contributed by atoms with Gasteiger partial charge in [-0.25, -0.2) is 4.68 Å². The number of nitrogens with one attached hydrogen (secondary N) is 1. The largest absolute Gasteiger partial charge is 0.311 e. The van der Waals surface area contributed by atoms with Gasteiger partial charge in [-0.1, -0.05) is 13.0 Å². The molecule has 2 rings (SSSR count). The van der Waals surface area contributed by atoms with E-state index in [1.807, 2.05) is 11.7 Å². The van der Waals surface area contributed by atoms with Crippen LogP contribution < -0.4 is 5.32 Å². The number of hydrogen-bond acceptors (Lipinski definition) is 5. The van der Waals surface area contributed by atoms with Gasteiger partial charge in [0.2, 0.25) is 0 Å². The van der Waals surface area contributed by atoms with Crippen LogP contribution in [0, 0.1) is 0 Å². The van der Waals surface area contributed by atoms with Gasteiger partial charge in [0, 0.05) is 4.88 Å². The molecule has 17 heavy (non-hydrogen) atoms. The van der Waals surface area contributed by atoms with Gasteiger partial charge >= 0.3 is 0 Å². The van der Waals surface area contributed by atoms with Crippen LogP contribution in [0.3, 0.4) is 0 Å². The van der Waals surface area contributed by atoms with Crippen molar-refractivity contribution in [2.75, 3.05) is 7.05 Å². The Bertz CT molecular complexity index is 450. The van der Waals surface area contributed by atoms with Crippen LogP contribution in [0.1, 0.15) is 43.1 Å². The molecule has 0 aliphatic heterocycles. The highest BCUT2D eigenvalue weighted by molar-refractivity contribution is 7.10. The van der Waals surface area contributed by atoms with E-state index >= 15 is 0 Å². The van der Waals surface area contributed by atoms with Gasteiger partial charge in [-0.15, -0.1) is 16.4 Å². The molecule has 2 heterocycles. The van der Waals surface area contributed by atoms with Crippen LogP contribution in [0.4, 0.5) is 0 Å². The second-order valence-corrected chi connectivity index (χ2v) is 4.91. The Labute approximate surface area is 105 Å². The summed E-state index contributed by atoms with van der Waals surface area (Å²) in [4.78, 5) is 1.30. The van der Waals surface area contributed by atoms with Crippen molar-refractivity contribution in [2.24, 2.45) is 0 Å². The van der Waals surface area contributed by atoms with E-state index in [4.69, 9.17) is 0 Å². The number of aromatic nitrogens is 4. The van der Waals surface area contributed by atoms with Crippen molar-refractivity contribution < 1.29 is 0 Å². The molecular weight excluding hydrogens is 234 g/mol. The molecular formula is C11H17N5S. The van der Waals surface area contributed by atoms with Crippen LogP contribution in [0.2, 0.25) is 0 Å². The maximum Gasteiger partial charge on any atom is 0.168 e. The molecule has 2 unspecified atom stereocenters. The predicted molar refractivity (Wildman–Crippen MR) is 68.0 cm³/mol. The highest BCUT2D eigenvalue weighted by atomic mass is 32.1. The lowest BCUT2D eigenvalue weighted by atomic mass is 10.2. The summed E-state index contributed by atoms with van der Waals surface area (Å²) in [5.74, 6) is 0.882. The van der Waals surface area contributed by atoms with Crippen molar-refractivity contribution in [3.05, 3.63) is 28.2 Å². The first-order chi connectivity index (χ1) is 8.27. The second-order valence-electron chi connectivity index (χ2n) is 3.93. The van der Waals surface area contributed by atoms with Crippen LogP contribution in [-0.2, 0) is 0 Å². The Morgan fingerprint density at radius 3 is 2.94 bits per heavy atom. The van der Waals surface area contributed by atoms with Gasteiger partial charge in [-0.05, 0) is 42.3 Å². The Morgan fingerprint density at radius 1 is 1.53 bits per heavy atom. The summed E-state index contributed by atoms with van der Waals surface area (Å²) in [6, 6.07) is 4.58. The molecule has 0 aliphatic carbocycles. The zero-order chi connectivity index (χ0) is 12.3. The molecule has 0 fully saturated rings. The monoisotopic (exact) mass is 251 g/mol. The number of nitrogens with zero attached hydrogens (tertiary/aromatic N) is 4. The van der Waals surface area contributed by atoms with Crippen molar-refractivity contribution in [2.45, 2.75) is 32.4 Å². The van der Waals surface area contributed by atoms with Crippen molar-refractivity contribution in [3.63, 3.8) is 0 Å². The van der Waals surface area contributed by atoms with Gasteiger partial charge in [-0.3, -0.25) is 0 Å². The third-order valence-corrected chi connectivity index (χ3v) is 3.87. The summed E-state index contributed by atoms with van der Waals surface area (Å²) in [6.07, 6.45) is 0.981. The number of hydrogen-bond donors (Lipinski definition) is 1. The first-order valence-corrected chi connectivity index (χ1v) is 6.64. The quantitative estimate of drug-likeness (QED) is 0.883. The van der Waals surface area contributed by atoms with E-state index in [0.717, 1.165) is 12.2 Å². The van der Waals surface area contributed by atoms with Gasteiger partial charge in [0.25, 0.3) is 0 Å². The first kappa shape index (κ1) is 12.2. The third-order valence-electron chi connectivity index (χ3n) is 2.89. The normalized spacial score (nSPS) is 14.8. The van der Waals surface area contributed by atoms with E-state index in [0.29, 0.717) is 0 Å². The third kappa shape index (κ3) is 2.37. The SMILES string of the molecule is CCC(c1cccs1)n1nnnc1C(C)NC. The fourth-order valence-electron chi connectivity index (χ4n) is 1.81. The number of rotatable bonds is 5. The molecule has 0 spiro atoms. The fourth-order valence-corrected chi connectivity index (χ4v) is 2.71. The molecule has 0 aromatic carbocycles. The van der Waals surface area contributed by atoms with Crippen molar-refractivity contribution in [3.8, 4) is 0 Å².